The van der Waals surface area contributed by atoms with Gasteiger partial charge in [0.15, 0.2) is 11.5 Å². The Kier molecular flexibility index (Phi) is 4.55. The summed E-state index contributed by atoms with van der Waals surface area (Å²) in [6.45, 7) is 1.61. The molecule has 29 heavy (non-hydrogen) atoms. The molecule has 0 bridgehead atoms. The van der Waals surface area contributed by atoms with E-state index in [1.165, 1.54) is 36.6 Å². The van der Waals surface area contributed by atoms with E-state index in [-0.39, 0.29) is 35.0 Å². The SMILES string of the molecule is Cc1occc1C(=O)Nc1cc(NC(=O)c2cc3c(cc2O)OCO3)ccc1F. The number of hydrogen-bond acceptors (Lipinski definition) is 6. The van der Waals surface area contributed by atoms with Crippen LogP contribution in [0.25, 0.3) is 0 Å². The molecule has 148 valence electrons. The maximum absolute atomic E-state index is 14.1. The van der Waals surface area contributed by atoms with E-state index >= 15 is 0 Å². The summed E-state index contributed by atoms with van der Waals surface area (Å²) in [7, 11) is 0. The molecule has 2 amide bonds. The second kappa shape index (κ2) is 7.19. The fourth-order valence-corrected chi connectivity index (χ4v) is 2.82. The standard InChI is InChI=1S/C20H15FN2O6/c1-10-12(4-5-27-10)19(25)23-15-6-11(2-3-14(15)21)22-20(26)13-7-17-18(8-16(13)24)29-9-28-17/h2-8,24H,9H2,1H3,(H,22,26)(H,23,25). The Morgan fingerprint density at radius 1 is 1.00 bits per heavy atom. The highest BCUT2D eigenvalue weighted by Crippen LogP contribution is 2.37. The van der Waals surface area contributed by atoms with E-state index in [1.807, 2.05) is 0 Å². The Hall–Kier alpha value is -4.01. The van der Waals surface area contributed by atoms with E-state index in [9.17, 15) is 19.1 Å². The van der Waals surface area contributed by atoms with Crippen LogP contribution in [0.1, 0.15) is 26.5 Å². The van der Waals surface area contributed by atoms with Crippen molar-refractivity contribution in [2.24, 2.45) is 0 Å². The summed E-state index contributed by atoms with van der Waals surface area (Å²) in [5.41, 5.74) is 0.318. The smallest absolute Gasteiger partial charge is 0.259 e. The van der Waals surface area contributed by atoms with Gasteiger partial charge in [-0.25, -0.2) is 4.39 Å². The number of hydrogen-bond donors (Lipinski definition) is 3. The first-order valence-electron chi connectivity index (χ1n) is 8.51. The number of amides is 2. The first kappa shape index (κ1) is 18.4. The average Bonchev–Trinajstić information content (AvgIpc) is 3.31. The number of halogens is 1. The lowest BCUT2D eigenvalue weighted by atomic mass is 10.1. The van der Waals surface area contributed by atoms with Crippen molar-refractivity contribution in [3.63, 3.8) is 0 Å². The largest absolute Gasteiger partial charge is 0.507 e. The molecule has 0 fully saturated rings. The molecular formula is C20H15FN2O6. The second-order valence-electron chi connectivity index (χ2n) is 6.22. The lowest BCUT2D eigenvalue weighted by Crippen LogP contribution is -2.15. The molecule has 2 aromatic carbocycles. The third-order valence-corrected chi connectivity index (χ3v) is 4.31. The van der Waals surface area contributed by atoms with Crippen LogP contribution < -0.4 is 20.1 Å². The number of benzene rings is 2. The summed E-state index contributed by atoms with van der Waals surface area (Å²) in [5, 5.41) is 15.0. The molecule has 0 radical (unpaired) electrons. The number of carbonyl (C=O) groups is 2. The van der Waals surface area contributed by atoms with Gasteiger partial charge in [0.2, 0.25) is 6.79 Å². The number of furan rings is 1. The maximum Gasteiger partial charge on any atom is 0.259 e. The topological polar surface area (TPSA) is 110 Å². The zero-order valence-corrected chi connectivity index (χ0v) is 15.1. The molecular weight excluding hydrogens is 383 g/mol. The van der Waals surface area contributed by atoms with Gasteiger partial charge in [-0.3, -0.25) is 9.59 Å². The Morgan fingerprint density at radius 2 is 1.72 bits per heavy atom. The van der Waals surface area contributed by atoms with E-state index in [2.05, 4.69) is 10.6 Å². The Bertz CT molecular complexity index is 1120. The highest BCUT2D eigenvalue weighted by Gasteiger charge is 2.21. The molecule has 0 atom stereocenters. The average molecular weight is 398 g/mol. The summed E-state index contributed by atoms with van der Waals surface area (Å²) in [5.74, 6) is -1.11. The van der Waals surface area contributed by atoms with E-state index in [0.29, 0.717) is 17.3 Å². The summed E-state index contributed by atoms with van der Waals surface area (Å²) in [6, 6.07) is 7.80. The van der Waals surface area contributed by atoms with Crippen LogP contribution in [-0.2, 0) is 0 Å². The molecule has 4 rings (SSSR count). The van der Waals surface area contributed by atoms with Crippen molar-refractivity contribution >= 4 is 23.2 Å². The van der Waals surface area contributed by atoms with Crippen molar-refractivity contribution in [1.82, 2.24) is 0 Å². The first-order chi connectivity index (χ1) is 13.9. The number of rotatable bonds is 4. The van der Waals surface area contributed by atoms with Crippen LogP contribution in [0.15, 0.2) is 47.1 Å². The molecule has 2 heterocycles. The Labute approximate surface area is 163 Å². The number of ether oxygens (including phenoxy) is 2. The molecule has 0 aliphatic carbocycles. The van der Waals surface area contributed by atoms with Gasteiger partial charge >= 0.3 is 0 Å². The molecule has 1 aliphatic heterocycles. The van der Waals surface area contributed by atoms with Crippen molar-refractivity contribution in [3.8, 4) is 17.2 Å². The molecule has 3 N–H and O–H groups in total. The Morgan fingerprint density at radius 3 is 2.45 bits per heavy atom. The van der Waals surface area contributed by atoms with Gasteiger partial charge in [0.1, 0.15) is 17.3 Å². The normalized spacial score (nSPS) is 11.9. The molecule has 8 nitrogen and oxygen atoms in total. The lowest BCUT2D eigenvalue weighted by molar-refractivity contribution is 0.101. The molecule has 1 aliphatic rings. The van der Waals surface area contributed by atoms with Gasteiger partial charge in [0, 0.05) is 17.8 Å². The fourth-order valence-electron chi connectivity index (χ4n) is 2.82. The first-order valence-corrected chi connectivity index (χ1v) is 8.51. The van der Waals surface area contributed by atoms with Gasteiger partial charge < -0.3 is 29.6 Å². The number of carbonyl (C=O) groups excluding carboxylic acids is 2. The van der Waals surface area contributed by atoms with Crippen LogP contribution in [0.5, 0.6) is 17.2 Å². The van der Waals surface area contributed by atoms with Gasteiger partial charge in [-0.1, -0.05) is 0 Å². The van der Waals surface area contributed by atoms with Crippen LogP contribution in [0.3, 0.4) is 0 Å². The molecule has 9 heteroatoms. The minimum atomic E-state index is -0.677. The van der Waals surface area contributed by atoms with Crippen LogP contribution in [0, 0.1) is 12.7 Å². The molecule has 0 spiro atoms. The minimum Gasteiger partial charge on any atom is -0.507 e. The zero-order valence-electron chi connectivity index (χ0n) is 15.1. The van der Waals surface area contributed by atoms with Gasteiger partial charge in [0.05, 0.1) is 23.1 Å². The van der Waals surface area contributed by atoms with E-state index in [1.54, 1.807) is 6.92 Å². The maximum atomic E-state index is 14.1. The van der Waals surface area contributed by atoms with Gasteiger partial charge in [0.25, 0.3) is 11.8 Å². The molecule has 0 saturated carbocycles. The predicted molar refractivity (Wildman–Crippen MR) is 100.0 cm³/mol. The number of phenols is 1. The number of fused-ring (bicyclic) bond motifs is 1. The van der Waals surface area contributed by atoms with Gasteiger partial charge in [-0.2, -0.15) is 0 Å². The highest BCUT2D eigenvalue weighted by atomic mass is 19.1. The zero-order chi connectivity index (χ0) is 20.5. The van der Waals surface area contributed by atoms with Crippen molar-refractivity contribution in [1.29, 1.82) is 0 Å². The summed E-state index contributed by atoms with van der Waals surface area (Å²) >= 11 is 0. The fraction of sp³-hybridized carbons (Fsp3) is 0.100. The van der Waals surface area contributed by atoms with E-state index in [0.717, 1.165) is 6.07 Å². The van der Waals surface area contributed by atoms with E-state index < -0.39 is 17.6 Å². The molecule has 0 saturated heterocycles. The third kappa shape index (κ3) is 3.57. The number of nitrogens with one attached hydrogen (secondary N) is 2. The van der Waals surface area contributed by atoms with Crippen LogP contribution in [0.2, 0.25) is 0 Å². The third-order valence-electron chi connectivity index (χ3n) is 4.31. The predicted octanol–water partition coefficient (Wildman–Crippen LogP) is 3.67. The summed E-state index contributed by atoms with van der Waals surface area (Å²) in [4.78, 5) is 24.8. The van der Waals surface area contributed by atoms with Crippen LogP contribution in [-0.4, -0.2) is 23.7 Å². The number of aromatic hydroxyl groups is 1. The minimum absolute atomic E-state index is 0.00297. The molecule has 0 unspecified atom stereocenters. The number of aryl methyl sites for hydroxylation is 1. The van der Waals surface area contributed by atoms with Crippen molar-refractivity contribution in [2.75, 3.05) is 17.4 Å². The summed E-state index contributed by atoms with van der Waals surface area (Å²) in [6.07, 6.45) is 1.36. The van der Waals surface area contributed by atoms with Crippen molar-refractivity contribution in [2.45, 2.75) is 6.92 Å². The van der Waals surface area contributed by atoms with Crippen molar-refractivity contribution < 1.29 is 33.0 Å². The van der Waals surface area contributed by atoms with Crippen LogP contribution in [0.4, 0.5) is 15.8 Å². The monoisotopic (exact) mass is 398 g/mol. The summed E-state index contributed by atoms with van der Waals surface area (Å²) < 4.78 is 29.5. The second-order valence-corrected chi connectivity index (χ2v) is 6.22. The Balaban J connectivity index is 1.54. The number of phenolic OH excluding ortho intramolecular Hbond substituents is 1. The lowest BCUT2D eigenvalue weighted by Gasteiger charge is -2.11. The van der Waals surface area contributed by atoms with Gasteiger partial charge in [-0.05, 0) is 31.2 Å². The van der Waals surface area contributed by atoms with Gasteiger partial charge in [-0.15, -0.1) is 0 Å². The molecule has 3 aromatic rings. The molecule has 1 aromatic heterocycles. The van der Waals surface area contributed by atoms with Crippen LogP contribution >= 0.6 is 0 Å². The number of anilines is 2. The quantitative estimate of drug-likeness (QED) is 0.619. The van der Waals surface area contributed by atoms with Crippen molar-refractivity contribution in [3.05, 3.63) is 65.4 Å². The van der Waals surface area contributed by atoms with E-state index in [4.69, 9.17) is 13.9 Å². The highest BCUT2D eigenvalue weighted by molar-refractivity contribution is 6.08.